The Hall–Kier alpha value is -1.50. The van der Waals surface area contributed by atoms with Gasteiger partial charge in [0.05, 0.1) is 0 Å². The van der Waals surface area contributed by atoms with Crippen molar-refractivity contribution in [3.63, 3.8) is 0 Å². The minimum absolute atomic E-state index is 0. The van der Waals surface area contributed by atoms with Crippen LogP contribution < -0.4 is 15.9 Å². The Morgan fingerprint density at radius 2 is 1.13 bits per heavy atom. The largest absolute Gasteiger partial charge is 2.00 e. The van der Waals surface area contributed by atoms with Crippen molar-refractivity contribution in [2.45, 2.75) is 58.2 Å². The number of halogens is 4. The van der Waals surface area contributed by atoms with Crippen LogP contribution in [0.2, 0.25) is 0 Å². The van der Waals surface area contributed by atoms with Crippen LogP contribution in [0.25, 0.3) is 0 Å². The molecule has 0 saturated carbocycles. The minimum Gasteiger partial charge on any atom is -0.418 e. The zero-order valence-corrected chi connectivity index (χ0v) is 24.5. The summed E-state index contributed by atoms with van der Waals surface area (Å²) in [5.41, 5.74) is 1.50. The summed E-state index contributed by atoms with van der Waals surface area (Å²) in [6, 6.07) is 32.8. The summed E-state index contributed by atoms with van der Waals surface area (Å²) in [6.07, 6.45) is 6.71. The van der Waals surface area contributed by atoms with Crippen LogP contribution >= 0.6 is 7.92 Å². The number of rotatable bonds is 7. The van der Waals surface area contributed by atoms with E-state index in [0.717, 1.165) is 18.6 Å². The second kappa shape index (κ2) is 18.0. The fraction of sp³-hybridized carbons (Fsp3) is 0.300. The van der Waals surface area contributed by atoms with Gasteiger partial charge in [0.2, 0.25) is 0 Å². The van der Waals surface area contributed by atoms with Gasteiger partial charge in [-0.15, -0.1) is 0 Å². The maximum absolute atomic E-state index is 9.75. The number of hydrogen-bond acceptors (Lipinski definition) is 1. The van der Waals surface area contributed by atoms with Gasteiger partial charge in [0.1, 0.15) is 0 Å². The summed E-state index contributed by atoms with van der Waals surface area (Å²) in [7, 11) is -6.55. The van der Waals surface area contributed by atoms with E-state index in [0.29, 0.717) is 0 Å². The number of nitrogens with zero attached hydrogens (tertiary/aromatic N) is 1. The molecule has 1 saturated heterocycles. The molecule has 38 heavy (non-hydrogen) atoms. The zero-order chi connectivity index (χ0) is 27.3. The van der Waals surface area contributed by atoms with Gasteiger partial charge in [-0.05, 0) is 75.4 Å². The molecule has 1 aliphatic heterocycles. The molecular weight excluding hydrogens is 599 g/mol. The van der Waals surface area contributed by atoms with Crippen molar-refractivity contribution in [3.8, 4) is 0 Å². The van der Waals surface area contributed by atoms with Crippen LogP contribution in [0.4, 0.5) is 17.3 Å². The van der Waals surface area contributed by atoms with Crippen LogP contribution in [0, 0.1) is 20.3 Å². The van der Waals surface area contributed by atoms with Gasteiger partial charge >= 0.3 is 27.7 Å². The van der Waals surface area contributed by atoms with Crippen molar-refractivity contribution in [2.75, 3.05) is 0 Å². The van der Waals surface area contributed by atoms with E-state index in [1.54, 1.807) is 0 Å². The van der Waals surface area contributed by atoms with E-state index >= 15 is 0 Å². The fourth-order valence-corrected chi connectivity index (χ4v) is 7.25. The Labute approximate surface area is 241 Å². The quantitative estimate of drug-likeness (QED) is 0.146. The molecule has 0 aromatic heterocycles. The van der Waals surface area contributed by atoms with Gasteiger partial charge in [0.15, 0.2) is 0 Å². The molecule has 207 valence electrons. The van der Waals surface area contributed by atoms with Crippen molar-refractivity contribution in [2.24, 2.45) is 0 Å². The first-order chi connectivity index (χ1) is 17.7. The van der Waals surface area contributed by atoms with Gasteiger partial charge in [0, 0.05) is 18.6 Å². The molecule has 3 radical (unpaired) electrons. The van der Waals surface area contributed by atoms with Gasteiger partial charge in [-0.3, -0.25) is 4.90 Å². The van der Waals surface area contributed by atoms with Crippen LogP contribution in [0.5, 0.6) is 0 Å². The first-order valence-corrected chi connectivity index (χ1v) is 14.1. The standard InChI is InChI=1S/C27H32NP.C3H5.BF4.Pd/c1-3-23-19-20-24(4-2)28(23)21-22-13-11-12-18-27(22)29(25-14-7-5-8-15-25)26-16-9-6-10-17-26;1-3-2;2-1(3,4)5;/h5-18,23-24H,3-4,19-21H2,1-2H3;3H,1-2H2;;/q;;-1;+2/t23-,24-;;;/m1.../s1. The van der Waals surface area contributed by atoms with E-state index in [1.807, 2.05) is 0 Å². The average molecular weight is 636 g/mol. The van der Waals surface area contributed by atoms with Gasteiger partial charge < -0.3 is 17.3 Å². The SMILES string of the molecule is CC[C@@H]1CC[C@@H](CC)N1Cc1ccccc1P(c1ccccc1)c1ccccc1.F[B-](F)(F)F.[CH2][CH][CH2].[Pd+2]. The summed E-state index contributed by atoms with van der Waals surface area (Å²) in [5.74, 6) is 0. The summed E-state index contributed by atoms with van der Waals surface area (Å²) in [6.45, 7) is 12.3. The fourth-order valence-electron chi connectivity index (χ4n) is 4.79. The number of benzene rings is 3. The Balaban J connectivity index is 0.000000709. The Morgan fingerprint density at radius 3 is 1.53 bits per heavy atom. The molecule has 0 amide bonds. The Morgan fingerprint density at radius 1 is 0.763 bits per heavy atom. The van der Waals surface area contributed by atoms with Crippen molar-refractivity contribution < 1.29 is 37.7 Å². The molecule has 1 nitrogen and oxygen atoms in total. The molecule has 0 bridgehead atoms. The van der Waals surface area contributed by atoms with E-state index in [2.05, 4.69) is 118 Å². The molecule has 1 aliphatic rings. The molecule has 0 aliphatic carbocycles. The molecule has 8 heteroatoms. The number of hydrogen-bond donors (Lipinski definition) is 0. The predicted octanol–water partition coefficient (Wildman–Crippen LogP) is 7.75. The molecule has 3 aromatic carbocycles. The first kappa shape index (κ1) is 34.5. The van der Waals surface area contributed by atoms with Gasteiger partial charge in [-0.25, -0.2) is 0 Å². The molecule has 3 aromatic rings. The van der Waals surface area contributed by atoms with E-state index < -0.39 is 15.2 Å². The molecule has 4 rings (SSSR count). The molecule has 1 heterocycles. The maximum atomic E-state index is 9.75. The van der Waals surface area contributed by atoms with Crippen LogP contribution in [0.3, 0.4) is 0 Å². The van der Waals surface area contributed by atoms with Crippen molar-refractivity contribution in [1.29, 1.82) is 0 Å². The topological polar surface area (TPSA) is 3.24 Å². The molecule has 1 fully saturated rings. The van der Waals surface area contributed by atoms with Gasteiger partial charge in [-0.2, -0.15) is 0 Å². The van der Waals surface area contributed by atoms with E-state index in [4.69, 9.17) is 0 Å². The summed E-state index contributed by atoms with van der Waals surface area (Å²) in [5, 5.41) is 4.37. The summed E-state index contributed by atoms with van der Waals surface area (Å²) in [4.78, 5) is 2.79. The monoisotopic (exact) mass is 635 g/mol. The summed E-state index contributed by atoms with van der Waals surface area (Å²) < 4.78 is 39.0. The van der Waals surface area contributed by atoms with Crippen LogP contribution in [-0.4, -0.2) is 24.2 Å². The molecule has 0 unspecified atom stereocenters. The van der Waals surface area contributed by atoms with E-state index in [-0.39, 0.29) is 20.4 Å². The minimum atomic E-state index is -6.00. The van der Waals surface area contributed by atoms with E-state index in [9.17, 15) is 17.3 Å². The van der Waals surface area contributed by atoms with Crippen molar-refractivity contribution in [1.82, 2.24) is 4.90 Å². The molecule has 2 atom stereocenters. The third-order valence-electron chi connectivity index (χ3n) is 6.33. The third-order valence-corrected chi connectivity index (χ3v) is 8.88. The van der Waals surface area contributed by atoms with Crippen LogP contribution in [-0.2, 0) is 27.0 Å². The average Bonchev–Trinajstić information content (AvgIpc) is 3.27. The molecule has 0 N–H and O–H groups in total. The molecular formula is C30H37BF4NPPd+. The van der Waals surface area contributed by atoms with Gasteiger partial charge in [-0.1, -0.05) is 98.8 Å². The smallest absolute Gasteiger partial charge is 0.418 e. The molecule has 0 spiro atoms. The first-order valence-electron chi connectivity index (χ1n) is 12.7. The van der Waals surface area contributed by atoms with Crippen LogP contribution in [0.1, 0.15) is 45.1 Å². The second-order valence-electron chi connectivity index (χ2n) is 8.79. The van der Waals surface area contributed by atoms with Crippen LogP contribution in [0.15, 0.2) is 84.9 Å². The third kappa shape index (κ3) is 11.3. The predicted molar refractivity (Wildman–Crippen MR) is 153 cm³/mol. The van der Waals surface area contributed by atoms with Crippen molar-refractivity contribution >= 4 is 31.1 Å². The Bertz CT molecular complexity index is 966. The Kier molecular flexibility index (Phi) is 16.3. The zero-order valence-electron chi connectivity index (χ0n) is 22.1. The van der Waals surface area contributed by atoms with Gasteiger partial charge in [0.25, 0.3) is 0 Å². The maximum Gasteiger partial charge on any atom is 2.00 e. The normalized spacial score (nSPS) is 17.1. The second-order valence-corrected chi connectivity index (χ2v) is 11.0. The summed E-state index contributed by atoms with van der Waals surface area (Å²) >= 11 is 0. The number of likely N-dealkylation sites (tertiary alicyclic amines) is 1. The van der Waals surface area contributed by atoms with E-state index in [1.165, 1.54) is 53.6 Å². The van der Waals surface area contributed by atoms with Crippen molar-refractivity contribution in [3.05, 3.63) is 111 Å².